The van der Waals surface area contributed by atoms with Crippen molar-refractivity contribution >= 4 is 45.0 Å². The van der Waals surface area contributed by atoms with E-state index in [9.17, 15) is 4.79 Å². The summed E-state index contributed by atoms with van der Waals surface area (Å²) in [5.41, 5.74) is 0.846. The van der Waals surface area contributed by atoms with Gasteiger partial charge >= 0.3 is 5.97 Å². The number of halogens is 1. The number of aliphatic carboxylic acids is 1. The molecule has 2 aromatic rings. The summed E-state index contributed by atoms with van der Waals surface area (Å²) < 4.78 is 2.26. The van der Waals surface area contributed by atoms with Crippen molar-refractivity contribution in [3.8, 4) is 11.4 Å². The highest BCUT2D eigenvalue weighted by atomic mass is 79.9. The van der Waals surface area contributed by atoms with Gasteiger partial charge in [-0.05, 0) is 22.0 Å². The molecule has 0 spiro atoms. The number of aromatic nitrogens is 3. The lowest BCUT2D eigenvalue weighted by atomic mass is 10.3. The average Bonchev–Trinajstić information content (AvgIpc) is 2.82. The summed E-state index contributed by atoms with van der Waals surface area (Å²) in [5.74, 6) is 5.30. The Balaban J connectivity index is 2.23. The van der Waals surface area contributed by atoms with Gasteiger partial charge in [-0.15, -0.1) is 21.5 Å². The van der Waals surface area contributed by atoms with Gasteiger partial charge in [0.15, 0.2) is 5.82 Å². The molecule has 0 saturated carbocycles. The summed E-state index contributed by atoms with van der Waals surface area (Å²) in [5, 5.41) is 18.6. The van der Waals surface area contributed by atoms with Gasteiger partial charge in [0, 0.05) is 10.9 Å². The zero-order valence-electron chi connectivity index (χ0n) is 8.33. The summed E-state index contributed by atoms with van der Waals surface area (Å²) in [6.45, 7) is 0. The SMILES string of the molecule is Nn1c(SCC(=O)O)nnc1-c1csc(Br)c1. The number of carboxylic acid groups (broad SMARTS) is 1. The zero-order valence-corrected chi connectivity index (χ0v) is 11.5. The first kappa shape index (κ1) is 12.4. The highest BCUT2D eigenvalue weighted by Crippen LogP contribution is 2.28. The Hall–Kier alpha value is -1.06. The maximum absolute atomic E-state index is 10.4. The van der Waals surface area contributed by atoms with Crippen molar-refractivity contribution in [3.63, 3.8) is 0 Å². The van der Waals surface area contributed by atoms with Crippen LogP contribution in [0.4, 0.5) is 0 Å². The third-order valence-corrected chi connectivity index (χ3v) is 4.25. The molecular formula is C8H7BrN4O2S2. The predicted octanol–water partition coefficient (Wildman–Crippen LogP) is 1.66. The number of nitrogens with zero attached hydrogens (tertiary/aromatic N) is 3. The van der Waals surface area contributed by atoms with Crippen molar-refractivity contribution in [2.24, 2.45) is 0 Å². The molecule has 0 radical (unpaired) electrons. The number of hydrogen-bond acceptors (Lipinski definition) is 6. The lowest BCUT2D eigenvalue weighted by molar-refractivity contribution is -0.133. The molecule has 0 aliphatic rings. The summed E-state index contributed by atoms with van der Waals surface area (Å²) in [6.07, 6.45) is 0. The number of carbonyl (C=O) groups is 1. The van der Waals surface area contributed by atoms with Crippen LogP contribution in [0, 0.1) is 0 Å². The Labute approximate surface area is 113 Å². The van der Waals surface area contributed by atoms with Gasteiger partial charge in [0.1, 0.15) is 0 Å². The van der Waals surface area contributed by atoms with Crippen LogP contribution in [0.5, 0.6) is 0 Å². The van der Waals surface area contributed by atoms with Gasteiger partial charge in [-0.3, -0.25) is 4.79 Å². The standard InChI is InChI=1S/C8H7BrN4O2S2/c9-5-1-4(2-16-5)7-11-12-8(13(7)10)17-3-6(14)15/h1-2H,3,10H2,(H,14,15). The van der Waals surface area contributed by atoms with Crippen LogP contribution in [0.25, 0.3) is 11.4 Å². The van der Waals surface area contributed by atoms with E-state index in [1.807, 2.05) is 11.4 Å². The second-order valence-corrected chi connectivity index (χ2v) is 6.23. The molecule has 0 amide bonds. The molecule has 0 unspecified atom stereocenters. The van der Waals surface area contributed by atoms with Crippen LogP contribution >= 0.6 is 39.0 Å². The number of rotatable bonds is 4. The Kier molecular flexibility index (Phi) is 3.69. The van der Waals surface area contributed by atoms with Crippen molar-refractivity contribution in [3.05, 3.63) is 15.2 Å². The van der Waals surface area contributed by atoms with E-state index in [-0.39, 0.29) is 5.75 Å². The van der Waals surface area contributed by atoms with Gasteiger partial charge in [0.05, 0.1) is 9.54 Å². The van der Waals surface area contributed by atoms with Crippen LogP contribution in [-0.2, 0) is 4.79 Å². The first-order valence-electron chi connectivity index (χ1n) is 4.37. The number of carboxylic acids is 1. The maximum Gasteiger partial charge on any atom is 0.313 e. The normalized spacial score (nSPS) is 10.6. The minimum Gasteiger partial charge on any atom is -0.481 e. The minimum absolute atomic E-state index is 0.0946. The Morgan fingerprint density at radius 3 is 3.00 bits per heavy atom. The second-order valence-electron chi connectivity index (χ2n) is 3.00. The smallest absolute Gasteiger partial charge is 0.313 e. The van der Waals surface area contributed by atoms with E-state index in [2.05, 4.69) is 26.1 Å². The Bertz CT molecular complexity index is 553. The van der Waals surface area contributed by atoms with Gasteiger partial charge in [-0.1, -0.05) is 11.8 Å². The van der Waals surface area contributed by atoms with Crippen molar-refractivity contribution in [1.82, 2.24) is 14.9 Å². The third kappa shape index (κ3) is 2.79. The van der Waals surface area contributed by atoms with Gasteiger partial charge in [-0.2, -0.15) is 0 Å². The number of thiophene rings is 1. The molecule has 0 aliphatic heterocycles. The van der Waals surface area contributed by atoms with Crippen LogP contribution in [0.2, 0.25) is 0 Å². The number of nitrogen functional groups attached to an aromatic ring is 1. The van der Waals surface area contributed by atoms with E-state index < -0.39 is 5.97 Å². The molecule has 17 heavy (non-hydrogen) atoms. The number of thioether (sulfide) groups is 1. The van der Waals surface area contributed by atoms with Crippen LogP contribution in [-0.4, -0.2) is 31.7 Å². The molecule has 2 heterocycles. The lowest BCUT2D eigenvalue weighted by Crippen LogP contribution is -2.12. The molecule has 9 heteroatoms. The second kappa shape index (κ2) is 5.07. The minimum atomic E-state index is -0.919. The van der Waals surface area contributed by atoms with E-state index in [1.165, 1.54) is 16.0 Å². The fraction of sp³-hybridized carbons (Fsp3) is 0.125. The highest BCUT2D eigenvalue weighted by molar-refractivity contribution is 9.11. The van der Waals surface area contributed by atoms with Gasteiger partial charge in [0.2, 0.25) is 5.16 Å². The molecule has 0 saturated heterocycles. The number of nitrogens with two attached hydrogens (primary N) is 1. The summed E-state index contributed by atoms with van der Waals surface area (Å²) >= 11 is 5.90. The van der Waals surface area contributed by atoms with Crippen LogP contribution in [0.15, 0.2) is 20.4 Å². The average molecular weight is 335 g/mol. The zero-order chi connectivity index (χ0) is 12.4. The first-order valence-corrected chi connectivity index (χ1v) is 7.03. The Morgan fingerprint density at radius 2 is 2.41 bits per heavy atom. The first-order chi connectivity index (χ1) is 8.08. The van der Waals surface area contributed by atoms with Gasteiger partial charge in [0.25, 0.3) is 0 Å². The van der Waals surface area contributed by atoms with E-state index in [4.69, 9.17) is 10.9 Å². The molecule has 2 rings (SSSR count). The molecule has 2 aromatic heterocycles. The van der Waals surface area contributed by atoms with Crippen molar-refractivity contribution in [2.75, 3.05) is 11.6 Å². The van der Waals surface area contributed by atoms with E-state index in [1.54, 1.807) is 0 Å². The quantitative estimate of drug-likeness (QED) is 0.652. The fourth-order valence-corrected chi connectivity index (χ4v) is 2.84. The van der Waals surface area contributed by atoms with Gasteiger partial charge < -0.3 is 10.9 Å². The van der Waals surface area contributed by atoms with Crippen molar-refractivity contribution in [2.45, 2.75) is 5.16 Å². The summed E-state index contributed by atoms with van der Waals surface area (Å²) in [7, 11) is 0. The molecule has 0 fully saturated rings. The molecule has 90 valence electrons. The summed E-state index contributed by atoms with van der Waals surface area (Å²) in [4.78, 5) is 10.4. The third-order valence-electron chi connectivity index (χ3n) is 1.81. The van der Waals surface area contributed by atoms with Crippen molar-refractivity contribution < 1.29 is 9.90 Å². The molecule has 3 N–H and O–H groups in total. The molecule has 0 aromatic carbocycles. The van der Waals surface area contributed by atoms with Crippen molar-refractivity contribution in [1.29, 1.82) is 0 Å². The van der Waals surface area contributed by atoms with Crippen LogP contribution < -0.4 is 5.84 Å². The van der Waals surface area contributed by atoms with E-state index in [0.29, 0.717) is 11.0 Å². The predicted molar refractivity (Wildman–Crippen MR) is 69.5 cm³/mol. The van der Waals surface area contributed by atoms with E-state index >= 15 is 0 Å². The summed E-state index contributed by atoms with van der Waals surface area (Å²) in [6, 6.07) is 1.88. The lowest BCUT2D eigenvalue weighted by Gasteiger charge is -2.00. The molecule has 0 aliphatic carbocycles. The topological polar surface area (TPSA) is 94.0 Å². The Morgan fingerprint density at radius 1 is 1.65 bits per heavy atom. The molecule has 0 bridgehead atoms. The molecule has 6 nitrogen and oxygen atoms in total. The highest BCUT2D eigenvalue weighted by Gasteiger charge is 2.14. The monoisotopic (exact) mass is 334 g/mol. The van der Waals surface area contributed by atoms with Crippen LogP contribution in [0.3, 0.4) is 0 Å². The molecular weight excluding hydrogens is 328 g/mol. The number of hydrogen-bond donors (Lipinski definition) is 2. The molecule has 0 atom stereocenters. The van der Waals surface area contributed by atoms with Gasteiger partial charge in [-0.25, -0.2) is 4.68 Å². The largest absolute Gasteiger partial charge is 0.481 e. The fourth-order valence-electron chi connectivity index (χ4n) is 1.13. The van der Waals surface area contributed by atoms with Crippen LogP contribution in [0.1, 0.15) is 0 Å². The maximum atomic E-state index is 10.4. The van der Waals surface area contributed by atoms with E-state index in [0.717, 1.165) is 21.1 Å².